The van der Waals surface area contributed by atoms with Crippen LogP contribution in [-0.4, -0.2) is 61.1 Å². The zero-order valence-electron chi connectivity index (χ0n) is 12.8. The monoisotopic (exact) mass is 291 g/mol. The van der Waals surface area contributed by atoms with E-state index in [0.717, 1.165) is 0 Å². The van der Waals surface area contributed by atoms with Crippen molar-refractivity contribution < 1.29 is 30.0 Å². The Balaban J connectivity index is 3.53. The lowest BCUT2D eigenvalue weighted by Crippen LogP contribution is -2.88. The van der Waals surface area contributed by atoms with Crippen LogP contribution in [0.15, 0.2) is 0 Å². The molecule has 1 saturated heterocycles. The van der Waals surface area contributed by atoms with Crippen molar-refractivity contribution in [1.82, 2.24) is 5.32 Å². The molecule has 0 saturated carbocycles. The highest BCUT2D eigenvalue weighted by Gasteiger charge is 2.74. The fourth-order valence-electron chi connectivity index (χ4n) is 2.87. The number of hydrogen-bond donors (Lipinski definition) is 5. The second-order valence-corrected chi connectivity index (χ2v) is 6.42. The maximum Gasteiger partial charge on any atom is 0.217 e. The molecule has 0 spiro atoms. The largest absolute Gasteiger partial charge is 0.393 e. The number of carbonyl (C=O) groups is 1. The lowest BCUT2D eigenvalue weighted by Gasteiger charge is -2.65. The molecule has 1 amide bonds. The van der Waals surface area contributed by atoms with Crippen LogP contribution in [0.4, 0.5) is 0 Å². The zero-order valence-corrected chi connectivity index (χ0v) is 12.8. The van der Waals surface area contributed by atoms with E-state index in [4.69, 9.17) is 4.74 Å². The molecule has 0 aromatic heterocycles. The average Bonchev–Trinajstić information content (AvgIpc) is 2.24. The van der Waals surface area contributed by atoms with E-state index in [1.54, 1.807) is 0 Å². The first kappa shape index (κ1) is 17.3. The standard InChI is InChI=1S/C13H25NO6/c1-8(16)14-10(3)12(5,18)11(4,17)9(2,7-15)20-13(10,6)19/h15,17-19H,7H2,1-6H3,(H,14,16). The molecule has 1 rings (SSSR count). The Morgan fingerprint density at radius 2 is 1.50 bits per heavy atom. The normalized spacial score (nSPS) is 52.7. The van der Waals surface area contributed by atoms with Crippen molar-refractivity contribution in [3.05, 3.63) is 0 Å². The highest BCUT2D eigenvalue weighted by Crippen LogP contribution is 2.52. The Kier molecular flexibility index (Phi) is 3.79. The number of ether oxygens (including phenoxy) is 1. The molecule has 0 radical (unpaired) electrons. The summed E-state index contributed by atoms with van der Waals surface area (Å²) in [6.07, 6.45) is 0. The topological polar surface area (TPSA) is 119 Å². The predicted octanol–water partition coefficient (Wildman–Crippen LogP) is -1.13. The summed E-state index contributed by atoms with van der Waals surface area (Å²) in [7, 11) is 0. The van der Waals surface area contributed by atoms with Gasteiger partial charge in [-0.15, -0.1) is 0 Å². The van der Waals surface area contributed by atoms with Crippen molar-refractivity contribution in [2.45, 2.75) is 69.7 Å². The molecule has 7 nitrogen and oxygen atoms in total. The highest BCUT2D eigenvalue weighted by molar-refractivity contribution is 5.74. The molecule has 20 heavy (non-hydrogen) atoms. The summed E-state index contributed by atoms with van der Waals surface area (Å²) in [4.78, 5) is 11.4. The summed E-state index contributed by atoms with van der Waals surface area (Å²) < 4.78 is 5.46. The lowest BCUT2D eigenvalue weighted by molar-refractivity contribution is -0.416. The molecular weight excluding hydrogens is 266 g/mol. The summed E-state index contributed by atoms with van der Waals surface area (Å²) >= 11 is 0. The third-order valence-electron chi connectivity index (χ3n) is 5.03. The molecule has 5 unspecified atom stereocenters. The molecule has 5 atom stereocenters. The molecular formula is C13H25NO6. The Labute approximate surface area is 118 Å². The van der Waals surface area contributed by atoms with Crippen LogP contribution in [0.2, 0.25) is 0 Å². The van der Waals surface area contributed by atoms with Crippen molar-refractivity contribution >= 4 is 5.91 Å². The van der Waals surface area contributed by atoms with Gasteiger partial charge in [-0.05, 0) is 34.6 Å². The molecule has 0 aliphatic carbocycles. The van der Waals surface area contributed by atoms with Crippen LogP contribution in [0.3, 0.4) is 0 Å². The van der Waals surface area contributed by atoms with Crippen LogP contribution in [0.5, 0.6) is 0 Å². The van der Waals surface area contributed by atoms with Gasteiger partial charge < -0.3 is 30.5 Å². The zero-order chi connectivity index (χ0) is 16.2. The number of carbonyl (C=O) groups excluding carboxylic acids is 1. The third kappa shape index (κ3) is 1.88. The minimum absolute atomic E-state index is 0.500. The summed E-state index contributed by atoms with van der Waals surface area (Å²) in [5, 5.41) is 44.1. The van der Waals surface area contributed by atoms with Gasteiger partial charge in [-0.3, -0.25) is 4.79 Å². The molecule has 1 fully saturated rings. The van der Waals surface area contributed by atoms with Crippen LogP contribution in [0.1, 0.15) is 41.5 Å². The first-order valence-corrected chi connectivity index (χ1v) is 6.45. The van der Waals surface area contributed by atoms with Gasteiger partial charge in [0.1, 0.15) is 22.3 Å². The van der Waals surface area contributed by atoms with Gasteiger partial charge in [0.2, 0.25) is 5.91 Å². The summed E-state index contributed by atoms with van der Waals surface area (Å²) in [5.74, 6) is -2.51. The van der Waals surface area contributed by atoms with E-state index in [9.17, 15) is 25.2 Å². The van der Waals surface area contributed by atoms with Crippen molar-refractivity contribution in [1.29, 1.82) is 0 Å². The number of aliphatic hydroxyl groups is 4. The SMILES string of the molecule is CC(=O)NC1(C)C(C)(O)OC(C)(CO)C(C)(O)C1(C)O. The van der Waals surface area contributed by atoms with Gasteiger partial charge >= 0.3 is 0 Å². The molecule has 0 aromatic rings. The summed E-state index contributed by atoms with van der Waals surface area (Å²) in [5.41, 5.74) is -7.22. The third-order valence-corrected chi connectivity index (χ3v) is 5.03. The number of hydrogen-bond acceptors (Lipinski definition) is 6. The molecule has 0 bridgehead atoms. The van der Waals surface area contributed by atoms with Gasteiger partial charge in [-0.1, -0.05) is 0 Å². The predicted molar refractivity (Wildman–Crippen MR) is 70.7 cm³/mol. The molecule has 1 aliphatic heterocycles. The van der Waals surface area contributed by atoms with Crippen molar-refractivity contribution in [2.24, 2.45) is 0 Å². The number of nitrogens with one attached hydrogen (secondary N) is 1. The fraction of sp³-hybridized carbons (Fsp3) is 0.923. The first-order chi connectivity index (χ1) is 8.68. The Bertz CT molecular complexity index is 419. The van der Waals surface area contributed by atoms with Crippen molar-refractivity contribution in [3.8, 4) is 0 Å². The highest BCUT2D eigenvalue weighted by atomic mass is 16.7. The van der Waals surface area contributed by atoms with E-state index in [1.165, 1.54) is 41.5 Å². The maximum atomic E-state index is 11.4. The van der Waals surface area contributed by atoms with Gasteiger partial charge in [0.15, 0.2) is 5.79 Å². The van der Waals surface area contributed by atoms with E-state index >= 15 is 0 Å². The van der Waals surface area contributed by atoms with Gasteiger partial charge in [0.05, 0.1) is 6.61 Å². The van der Waals surface area contributed by atoms with E-state index < -0.39 is 40.6 Å². The van der Waals surface area contributed by atoms with Gasteiger partial charge in [0.25, 0.3) is 0 Å². The van der Waals surface area contributed by atoms with Crippen LogP contribution in [0.25, 0.3) is 0 Å². The number of aliphatic hydroxyl groups excluding tert-OH is 1. The van der Waals surface area contributed by atoms with E-state index in [0.29, 0.717) is 0 Å². The number of rotatable bonds is 2. The second kappa shape index (κ2) is 4.38. The molecule has 0 aromatic carbocycles. The van der Waals surface area contributed by atoms with Crippen LogP contribution < -0.4 is 5.32 Å². The van der Waals surface area contributed by atoms with E-state index in [-0.39, 0.29) is 0 Å². The van der Waals surface area contributed by atoms with E-state index in [2.05, 4.69) is 5.32 Å². The smallest absolute Gasteiger partial charge is 0.217 e. The quantitative estimate of drug-likeness (QED) is 0.439. The Morgan fingerprint density at radius 1 is 1.05 bits per heavy atom. The van der Waals surface area contributed by atoms with Crippen LogP contribution in [-0.2, 0) is 9.53 Å². The Morgan fingerprint density at radius 3 is 1.85 bits per heavy atom. The molecule has 1 aliphatic rings. The average molecular weight is 291 g/mol. The lowest BCUT2D eigenvalue weighted by atomic mass is 9.59. The molecule has 5 N–H and O–H groups in total. The molecule has 1 heterocycles. The van der Waals surface area contributed by atoms with Gasteiger partial charge in [0, 0.05) is 6.92 Å². The summed E-state index contributed by atoms with van der Waals surface area (Å²) in [6, 6.07) is 0. The van der Waals surface area contributed by atoms with Crippen molar-refractivity contribution in [3.63, 3.8) is 0 Å². The molecule has 118 valence electrons. The minimum Gasteiger partial charge on any atom is -0.393 e. The van der Waals surface area contributed by atoms with Gasteiger partial charge in [-0.2, -0.15) is 0 Å². The number of amides is 1. The van der Waals surface area contributed by atoms with Crippen LogP contribution in [0, 0.1) is 0 Å². The second-order valence-electron chi connectivity index (χ2n) is 6.42. The van der Waals surface area contributed by atoms with Crippen molar-refractivity contribution in [2.75, 3.05) is 6.61 Å². The van der Waals surface area contributed by atoms with E-state index in [1.807, 2.05) is 0 Å². The maximum absolute atomic E-state index is 11.4. The molecule has 7 heteroatoms. The minimum atomic E-state index is -2.01. The van der Waals surface area contributed by atoms with Gasteiger partial charge in [-0.25, -0.2) is 0 Å². The summed E-state index contributed by atoms with van der Waals surface area (Å²) in [6.45, 7) is 7.20. The first-order valence-electron chi connectivity index (χ1n) is 6.45. The van der Waals surface area contributed by atoms with Crippen LogP contribution >= 0.6 is 0 Å². The Hall–Kier alpha value is -0.730. The fourth-order valence-corrected chi connectivity index (χ4v) is 2.87.